The van der Waals surface area contributed by atoms with Crippen molar-refractivity contribution in [2.24, 2.45) is 0 Å². The average molecular weight is 649 g/mol. The van der Waals surface area contributed by atoms with E-state index in [4.69, 9.17) is 4.74 Å². The van der Waals surface area contributed by atoms with E-state index in [1.54, 1.807) is 0 Å². The molecule has 0 saturated carbocycles. The summed E-state index contributed by atoms with van der Waals surface area (Å²) in [6.07, 6.45) is 13.4. The highest BCUT2D eigenvalue weighted by Gasteiger charge is 2.47. The van der Waals surface area contributed by atoms with Gasteiger partial charge in [-0.2, -0.15) is 0 Å². The lowest BCUT2D eigenvalue weighted by atomic mass is 9.77. The van der Waals surface area contributed by atoms with E-state index in [2.05, 4.69) is 124 Å². The van der Waals surface area contributed by atoms with Gasteiger partial charge < -0.3 is 9.64 Å². The van der Waals surface area contributed by atoms with Crippen molar-refractivity contribution in [1.82, 2.24) is 40.4 Å². The van der Waals surface area contributed by atoms with Gasteiger partial charge in [-0.15, -0.1) is 0 Å². The van der Waals surface area contributed by atoms with Crippen LogP contribution in [-0.4, -0.2) is 138 Å². The van der Waals surface area contributed by atoms with Crippen molar-refractivity contribution >= 4 is 0 Å². The maximum Gasteiger partial charge on any atom is 0.118 e. The monoisotopic (exact) mass is 649 g/mol. The van der Waals surface area contributed by atoms with Gasteiger partial charge in [0.25, 0.3) is 0 Å². The predicted molar refractivity (Wildman–Crippen MR) is 194 cm³/mol. The summed E-state index contributed by atoms with van der Waals surface area (Å²) in [6.45, 7) is 27.7. The third-order valence-electron chi connectivity index (χ3n) is 12.7. The van der Waals surface area contributed by atoms with Crippen LogP contribution < -0.4 is 16.0 Å². The molecule has 4 aliphatic heterocycles. The van der Waals surface area contributed by atoms with Crippen molar-refractivity contribution in [3.05, 3.63) is 0 Å². The molecule has 0 spiro atoms. The zero-order chi connectivity index (χ0) is 33.9. The molecule has 3 unspecified atom stereocenters. The first kappa shape index (κ1) is 38.4. The summed E-state index contributed by atoms with van der Waals surface area (Å²) in [4.78, 5) is 13.2. The SMILES string of the molecule is CC1NC(N2CCOCC2)NC(N(CCCCCCCCN(C)C2CC(C)(C)N(C)C(C)(C)C2)C2CC(C)(C)N(C)C(C)(C)C2)N1. The first-order valence-electron chi connectivity index (χ1n) is 19.0. The van der Waals surface area contributed by atoms with E-state index >= 15 is 0 Å². The number of morpholine rings is 1. The molecule has 0 aromatic rings. The Morgan fingerprint density at radius 2 is 1.09 bits per heavy atom. The Bertz CT molecular complexity index is 898. The minimum absolute atomic E-state index is 0.161. The Morgan fingerprint density at radius 3 is 1.61 bits per heavy atom. The van der Waals surface area contributed by atoms with Crippen LogP contribution in [0.3, 0.4) is 0 Å². The molecular formula is C37H76N8O. The van der Waals surface area contributed by atoms with Crippen molar-refractivity contribution in [2.75, 3.05) is 60.5 Å². The average Bonchev–Trinajstić information content (AvgIpc) is 2.97. The number of rotatable bonds is 13. The Kier molecular flexibility index (Phi) is 13.1. The fraction of sp³-hybridized carbons (Fsp3) is 1.00. The number of likely N-dealkylation sites (tertiary alicyclic amines) is 2. The van der Waals surface area contributed by atoms with E-state index < -0.39 is 0 Å². The topological polar surface area (TPSA) is 61.5 Å². The molecule has 46 heavy (non-hydrogen) atoms. The molecule has 4 rings (SSSR count). The molecule has 4 fully saturated rings. The first-order chi connectivity index (χ1) is 21.4. The number of hydrogen-bond donors (Lipinski definition) is 3. The molecule has 0 aromatic carbocycles. The van der Waals surface area contributed by atoms with Crippen LogP contribution in [0.1, 0.15) is 127 Å². The van der Waals surface area contributed by atoms with Crippen LogP contribution in [0.15, 0.2) is 0 Å². The van der Waals surface area contributed by atoms with Crippen LogP contribution >= 0.6 is 0 Å². The molecule has 4 heterocycles. The van der Waals surface area contributed by atoms with Crippen LogP contribution in [0.4, 0.5) is 0 Å². The molecule has 0 bridgehead atoms. The summed E-state index contributed by atoms with van der Waals surface area (Å²) in [7, 11) is 7.01. The van der Waals surface area contributed by atoms with Gasteiger partial charge in [0.2, 0.25) is 0 Å². The minimum atomic E-state index is 0.161. The van der Waals surface area contributed by atoms with Gasteiger partial charge in [0.05, 0.1) is 19.4 Å². The summed E-state index contributed by atoms with van der Waals surface area (Å²) in [5.74, 6) is 0. The second-order valence-electron chi connectivity index (χ2n) is 18.0. The number of hydrogen-bond acceptors (Lipinski definition) is 9. The van der Waals surface area contributed by atoms with Crippen LogP contribution in [0.2, 0.25) is 0 Å². The molecule has 0 aliphatic carbocycles. The van der Waals surface area contributed by atoms with E-state index in [0.717, 1.165) is 32.8 Å². The van der Waals surface area contributed by atoms with Crippen molar-refractivity contribution in [3.63, 3.8) is 0 Å². The molecule has 0 aromatic heterocycles. The summed E-state index contributed by atoms with van der Waals surface area (Å²) in [5.41, 5.74) is 0.848. The van der Waals surface area contributed by atoms with E-state index in [9.17, 15) is 0 Å². The van der Waals surface area contributed by atoms with E-state index in [-0.39, 0.29) is 40.9 Å². The van der Waals surface area contributed by atoms with Gasteiger partial charge in [-0.25, -0.2) is 0 Å². The van der Waals surface area contributed by atoms with Crippen molar-refractivity contribution in [3.8, 4) is 0 Å². The smallest absolute Gasteiger partial charge is 0.118 e. The van der Waals surface area contributed by atoms with Gasteiger partial charge >= 0.3 is 0 Å². The van der Waals surface area contributed by atoms with Gasteiger partial charge in [-0.05, 0) is 129 Å². The van der Waals surface area contributed by atoms with Crippen LogP contribution in [0.25, 0.3) is 0 Å². The maximum absolute atomic E-state index is 5.67. The largest absolute Gasteiger partial charge is 0.379 e. The lowest BCUT2D eigenvalue weighted by molar-refractivity contribution is -0.0880. The third kappa shape index (κ3) is 9.66. The van der Waals surface area contributed by atoms with E-state index in [0.29, 0.717) is 12.1 Å². The van der Waals surface area contributed by atoms with Crippen molar-refractivity contribution < 1.29 is 4.74 Å². The van der Waals surface area contributed by atoms with Gasteiger partial charge in [-0.1, -0.05) is 25.7 Å². The molecule has 9 heteroatoms. The standard InChI is InChI=1S/C37H76N8O/c1-29-38-32(44-21-23-46-24-22-44)40-33(39-29)45(31-27-36(6,7)43(12)37(8,9)28-31)20-18-16-14-13-15-17-19-41(10)30-25-34(2,3)42(11)35(4,5)26-30/h29-33,38-40H,13-28H2,1-12H3. The Hall–Kier alpha value is -0.360. The molecule has 3 N–H and O–H groups in total. The zero-order valence-electron chi connectivity index (χ0n) is 32.3. The number of nitrogens with one attached hydrogen (secondary N) is 3. The molecular weight excluding hydrogens is 572 g/mol. The normalized spacial score (nSPS) is 31.6. The summed E-state index contributed by atoms with van der Waals surface area (Å²) in [6, 6.07) is 1.22. The second kappa shape index (κ2) is 15.7. The van der Waals surface area contributed by atoms with Gasteiger partial charge in [0, 0.05) is 53.9 Å². The first-order valence-corrected chi connectivity index (χ1v) is 19.0. The molecule has 0 radical (unpaired) electrons. The van der Waals surface area contributed by atoms with Crippen LogP contribution in [0, 0.1) is 0 Å². The van der Waals surface area contributed by atoms with Gasteiger partial charge in [0.1, 0.15) is 12.6 Å². The molecule has 0 amide bonds. The number of nitrogens with zero attached hydrogens (tertiary/aromatic N) is 5. The Labute approximate surface area is 284 Å². The van der Waals surface area contributed by atoms with E-state index in [1.165, 1.54) is 70.8 Å². The number of unbranched alkanes of at least 4 members (excludes halogenated alkanes) is 5. The lowest BCUT2D eigenvalue weighted by Gasteiger charge is -2.57. The van der Waals surface area contributed by atoms with Crippen molar-refractivity contribution in [2.45, 2.75) is 180 Å². The van der Waals surface area contributed by atoms with Gasteiger partial charge in [0.15, 0.2) is 0 Å². The number of ether oxygens (including phenoxy) is 1. The molecule has 9 nitrogen and oxygen atoms in total. The highest BCUT2D eigenvalue weighted by Crippen LogP contribution is 2.40. The van der Waals surface area contributed by atoms with Gasteiger partial charge in [-0.3, -0.25) is 35.6 Å². The Balaban J connectivity index is 1.27. The number of piperidine rings is 2. The zero-order valence-corrected chi connectivity index (χ0v) is 32.3. The summed E-state index contributed by atoms with van der Waals surface area (Å²) >= 11 is 0. The molecule has 4 saturated heterocycles. The Morgan fingerprint density at radius 1 is 0.630 bits per heavy atom. The second-order valence-corrected chi connectivity index (χ2v) is 18.0. The maximum atomic E-state index is 5.67. The summed E-state index contributed by atoms with van der Waals surface area (Å²) in [5, 5.41) is 11.6. The fourth-order valence-electron chi connectivity index (χ4n) is 9.26. The predicted octanol–water partition coefficient (Wildman–Crippen LogP) is 4.89. The summed E-state index contributed by atoms with van der Waals surface area (Å²) < 4.78 is 5.67. The van der Waals surface area contributed by atoms with Crippen molar-refractivity contribution in [1.29, 1.82) is 0 Å². The van der Waals surface area contributed by atoms with E-state index in [1.807, 2.05) is 0 Å². The third-order valence-corrected chi connectivity index (χ3v) is 12.7. The quantitative estimate of drug-likeness (QED) is 0.243. The highest BCUT2D eigenvalue weighted by atomic mass is 16.5. The minimum Gasteiger partial charge on any atom is -0.379 e. The van der Waals surface area contributed by atoms with Crippen LogP contribution in [0.5, 0.6) is 0 Å². The van der Waals surface area contributed by atoms with Crippen LogP contribution in [-0.2, 0) is 4.74 Å². The lowest BCUT2D eigenvalue weighted by Crippen LogP contribution is -2.77. The molecule has 4 aliphatic rings. The molecule has 3 atom stereocenters. The highest BCUT2D eigenvalue weighted by molar-refractivity contribution is 5.03. The fourth-order valence-corrected chi connectivity index (χ4v) is 9.26. The molecule has 270 valence electrons.